The fraction of sp³-hybridized carbons (Fsp3) is 0.125. The summed E-state index contributed by atoms with van der Waals surface area (Å²) in [6, 6.07) is 15.3. The van der Waals surface area contributed by atoms with Gasteiger partial charge in [0.2, 0.25) is 5.91 Å². The first-order valence-electron chi connectivity index (χ1n) is 6.28. The molecule has 0 radical (unpaired) electrons. The molecular weight excluding hydrogens is 254 g/mol. The Kier molecular flexibility index (Phi) is 4.50. The summed E-state index contributed by atoms with van der Waals surface area (Å²) in [7, 11) is 0. The van der Waals surface area contributed by atoms with E-state index in [1.54, 1.807) is 48.5 Å². The van der Waals surface area contributed by atoms with Gasteiger partial charge in [-0.3, -0.25) is 9.59 Å². The summed E-state index contributed by atoms with van der Waals surface area (Å²) < 4.78 is 0. The third kappa shape index (κ3) is 3.95. The van der Waals surface area contributed by atoms with E-state index < -0.39 is 0 Å². The van der Waals surface area contributed by atoms with Gasteiger partial charge in [0.1, 0.15) is 5.75 Å². The average Bonchev–Trinajstić information content (AvgIpc) is 2.47. The van der Waals surface area contributed by atoms with Gasteiger partial charge in [0, 0.05) is 12.1 Å². The summed E-state index contributed by atoms with van der Waals surface area (Å²) in [4.78, 5) is 23.5. The third-order valence-corrected chi connectivity index (χ3v) is 2.84. The van der Waals surface area contributed by atoms with Gasteiger partial charge in [-0.05, 0) is 17.7 Å². The molecule has 2 N–H and O–H groups in total. The van der Waals surface area contributed by atoms with Crippen LogP contribution < -0.4 is 5.32 Å². The number of hydrogen-bond acceptors (Lipinski definition) is 3. The van der Waals surface area contributed by atoms with E-state index >= 15 is 0 Å². The molecule has 0 saturated heterocycles. The Morgan fingerprint density at radius 1 is 0.950 bits per heavy atom. The first-order valence-corrected chi connectivity index (χ1v) is 6.28. The monoisotopic (exact) mass is 269 g/mol. The highest BCUT2D eigenvalue weighted by Crippen LogP contribution is 2.09. The Hall–Kier alpha value is -2.62. The van der Waals surface area contributed by atoms with Crippen molar-refractivity contribution in [1.29, 1.82) is 0 Å². The molecule has 20 heavy (non-hydrogen) atoms. The van der Waals surface area contributed by atoms with Gasteiger partial charge in [0.05, 0.1) is 6.42 Å². The minimum Gasteiger partial charge on any atom is -0.508 e. The molecule has 2 rings (SSSR count). The summed E-state index contributed by atoms with van der Waals surface area (Å²) in [5.41, 5.74) is 1.40. The first-order chi connectivity index (χ1) is 9.65. The summed E-state index contributed by atoms with van der Waals surface area (Å²) in [6.07, 6.45) is -0.165. The molecule has 0 aliphatic heterocycles. The maximum atomic E-state index is 11.8. The van der Waals surface area contributed by atoms with E-state index in [1.807, 2.05) is 6.07 Å². The predicted molar refractivity (Wildman–Crippen MR) is 75.3 cm³/mol. The quantitative estimate of drug-likeness (QED) is 0.646. The number of nitrogens with one attached hydrogen (secondary N) is 1. The lowest BCUT2D eigenvalue weighted by atomic mass is 10.1. The number of aromatic hydroxyl groups is 1. The van der Waals surface area contributed by atoms with Crippen molar-refractivity contribution in [2.75, 3.05) is 0 Å². The van der Waals surface area contributed by atoms with E-state index in [0.29, 0.717) is 12.1 Å². The zero-order valence-corrected chi connectivity index (χ0v) is 10.9. The van der Waals surface area contributed by atoms with Crippen molar-refractivity contribution in [3.05, 3.63) is 65.7 Å². The zero-order valence-electron chi connectivity index (χ0n) is 10.9. The summed E-state index contributed by atoms with van der Waals surface area (Å²) in [6.45, 7) is 0.335. The molecule has 0 atom stereocenters. The number of Topliss-reactive ketones (excluding diaryl/α,β-unsaturated/α-hetero) is 1. The fourth-order valence-electron chi connectivity index (χ4n) is 1.75. The van der Waals surface area contributed by atoms with Gasteiger partial charge in [0.15, 0.2) is 5.78 Å². The number of carbonyl (C=O) groups excluding carboxylic acids is 2. The number of ketones is 1. The summed E-state index contributed by atoms with van der Waals surface area (Å²) in [5, 5.41) is 11.8. The van der Waals surface area contributed by atoms with Crippen molar-refractivity contribution in [3.8, 4) is 5.75 Å². The minimum absolute atomic E-state index is 0.165. The van der Waals surface area contributed by atoms with Gasteiger partial charge in [-0.2, -0.15) is 0 Å². The normalized spacial score (nSPS) is 10.0. The third-order valence-electron chi connectivity index (χ3n) is 2.84. The Labute approximate surface area is 117 Å². The molecule has 2 aromatic rings. The molecule has 0 unspecified atom stereocenters. The number of phenols is 1. The van der Waals surface area contributed by atoms with E-state index in [1.165, 1.54) is 0 Å². The first kappa shape index (κ1) is 13.8. The number of amides is 1. The van der Waals surface area contributed by atoms with Gasteiger partial charge in [-0.15, -0.1) is 0 Å². The number of benzene rings is 2. The lowest BCUT2D eigenvalue weighted by Crippen LogP contribution is -2.25. The lowest BCUT2D eigenvalue weighted by Gasteiger charge is -2.05. The van der Waals surface area contributed by atoms with Crippen LogP contribution in [0.15, 0.2) is 54.6 Å². The van der Waals surface area contributed by atoms with Crippen LogP contribution in [0.1, 0.15) is 22.3 Å². The maximum absolute atomic E-state index is 11.8. The van der Waals surface area contributed by atoms with Gasteiger partial charge >= 0.3 is 0 Å². The summed E-state index contributed by atoms with van der Waals surface area (Å²) in [5.74, 6) is -0.333. The Morgan fingerprint density at radius 3 is 2.25 bits per heavy atom. The smallest absolute Gasteiger partial charge is 0.228 e. The second-order valence-electron chi connectivity index (χ2n) is 4.41. The van der Waals surface area contributed by atoms with Gasteiger partial charge in [-0.1, -0.05) is 42.5 Å². The van der Waals surface area contributed by atoms with Crippen LogP contribution in [-0.2, 0) is 11.3 Å². The second kappa shape index (κ2) is 6.52. The highest BCUT2D eigenvalue weighted by atomic mass is 16.3. The maximum Gasteiger partial charge on any atom is 0.228 e. The molecule has 1 amide bonds. The molecule has 0 saturated carbocycles. The van der Waals surface area contributed by atoms with Crippen molar-refractivity contribution < 1.29 is 14.7 Å². The van der Waals surface area contributed by atoms with Crippen molar-refractivity contribution in [3.63, 3.8) is 0 Å². The van der Waals surface area contributed by atoms with Crippen LogP contribution in [0.4, 0.5) is 0 Å². The SMILES string of the molecule is O=C(CC(=O)c1ccccc1)NCc1ccc(O)cc1. The van der Waals surface area contributed by atoms with E-state index in [-0.39, 0.29) is 23.9 Å². The van der Waals surface area contributed by atoms with Crippen LogP contribution >= 0.6 is 0 Å². The molecule has 0 fully saturated rings. The van der Waals surface area contributed by atoms with Crippen LogP contribution in [-0.4, -0.2) is 16.8 Å². The average molecular weight is 269 g/mol. The van der Waals surface area contributed by atoms with E-state index in [4.69, 9.17) is 5.11 Å². The van der Waals surface area contributed by atoms with Crippen LogP contribution in [0.2, 0.25) is 0 Å². The molecule has 102 valence electrons. The molecule has 0 aliphatic carbocycles. The molecule has 4 heteroatoms. The fourth-order valence-corrected chi connectivity index (χ4v) is 1.75. The van der Waals surface area contributed by atoms with Crippen molar-refractivity contribution >= 4 is 11.7 Å². The zero-order chi connectivity index (χ0) is 14.4. The van der Waals surface area contributed by atoms with Crippen LogP contribution in [0.5, 0.6) is 5.75 Å². The van der Waals surface area contributed by atoms with Crippen LogP contribution in [0.3, 0.4) is 0 Å². The predicted octanol–water partition coefficient (Wildman–Crippen LogP) is 2.28. The van der Waals surface area contributed by atoms with Crippen molar-refractivity contribution in [2.45, 2.75) is 13.0 Å². The highest BCUT2D eigenvalue weighted by molar-refractivity contribution is 6.07. The van der Waals surface area contributed by atoms with Gasteiger partial charge in [-0.25, -0.2) is 0 Å². The van der Waals surface area contributed by atoms with E-state index in [9.17, 15) is 9.59 Å². The lowest BCUT2D eigenvalue weighted by molar-refractivity contribution is -0.120. The molecule has 0 aromatic heterocycles. The molecule has 2 aromatic carbocycles. The molecule has 0 aliphatic rings. The number of rotatable bonds is 5. The van der Waals surface area contributed by atoms with Gasteiger partial charge in [0.25, 0.3) is 0 Å². The Balaban J connectivity index is 1.84. The Bertz CT molecular complexity index is 591. The van der Waals surface area contributed by atoms with Crippen molar-refractivity contribution in [2.24, 2.45) is 0 Å². The molecular formula is C16H15NO3. The van der Waals surface area contributed by atoms with Crippen LogP contribution in [0.25, 0.3) is 0 Å². The summed E-state index contributed by atoms with van der Waals surface area (Å²) >= 11 is 0. The second-order valence-corrected chi connectivity index (χ2v) is 4.41. The molecule has 0 spiro atoms. The Morgan fingerprint density at radius 2 is 1.60 bits per heavy atom. The van der Waals surface area contributed by atoms with E-state index in [2.05, 4.69) is 5.32 Å². The topological polar surface area (TPSA) is 66.4 Å². The van der Waals surface area contributed by atoms with Gasteiger partial charge < -0.3 is 10.4 Å². The minimum atomic E-state index is -0.313. The number of carbonyl (C=O) groups is 2. The molecule has 4 nitrogen and oxygen atoms in total. The molecule has 0 bridgehead atoms. The highest BCUT2D eigenvalue weighted by Gasteiger charge is 2.10. The van der Waals surface area contributed by atoms with Crippen LogP contribution in [0, 0.1) is 0 Å². The van der Waals surface area contributed by atoms with Crippen molar-refractivity contribution in [1.82, 2.24) is 5.32 Å². The van der Waals surface area contributed by atoms with E-state index in [0.717, 1.165) is 5.56 Å². The number of hydrogen-bond donors (Lipinski definition) is 2. The molecule has 0 heterocycles. The standard InChI is InChI=1S/C16H15NO3/c18-14-8-6-12(7-9-14)11-17-16(20)10-15(19)13-4-2-1-3-5-13/h1-9,18H,10-11H2,(H,17,20). The largest absolute Gasteiger partial charge is 0.508 e. The number of phenolic OH excluding ortho intramolecular Hbond substituents is 1.